The number of aliphatic imine (C=N–C) groups is 1. The molecular weight excluding hydrogens is 438 g/mol. The van der Waals surface area contributed by atoms with Crippen molar-refractivity contribution in [3.63, 3.8) is 0 Å². The van der Waals surface area contributed by atoms with Crippen LogP contribution in [0.2, 0.25) is 0 Å². The van der Waals surface area contributed by atoms with Crippen molar-refractivity contribution in [3.05, 3.63) is 46.5 Å². The largest absolute Gasteiger partial charge is 0.387 e. The number of nitrogens with zero attached hydrogens (tertiary/aromatic N) is 4. The van der Waals surface area contributed by atoms with Gasteiger partial charge in [-0.2, -0.15) is 0 Å². The highest BCUT2D eigenvalue weighted by atomic mass is 32.2. The van der Waals surface area contributed by atoms with Crippen LogP contribution >= 0.6 is 0 Å². The number of benzene rings is 1. The summed E-state index contributed by atoms with van der Waals surface area (Å²) in [4.78, 5) is 12.1. The molecular formula is C20H23N5O6S. The van der Waals surface area contributed by atoms with Crippen molar-refractivity contribution in [2.45, 2.75) is 55.6 Å². The van der Waals surface area contributed by atoms with Gasteiger partial charge in [0.05, 0.1) is 4.90 Å². The number of aromatic nitrogens is 2. The van der Waals surface area contributed by atoms with E-state index in [9.17, 15) is 23.7 Å². The zero-order chi connectivity index (χ0) is 23.4. The van der Waals surface area contributed by atoms with E-state index >= 15 is 0 Å². The van der Waals surface area contributed by atoms with Crippen LogP contribution in [0.4, 0.5) is 0 Å². The topological polar surface area (TPSA) is 170 Å². The lowest BCUT2D eigenvalue weighted by Gasteiger charge is -2.21. The fourth-order valence-electron chi connectivity index (χ4n) is 3.68. The predicted molar refractivity (Wildman–Crippen MR) is 113 cm³/mol. The van der Waals surface area contributed by atoms with Crippen LogP contribution in [0.5, 0.6) is 0 Å². The number of aliphatic hydroxyl groups is 3. The summed E-state index contributed by atoms with van der Waals surface area (Å²) in [6.07, 6.45) is -5.09. The minimum absolute atomic E-state index is 0.136. The molecule has 1 aromatic heterocycles. The lowest BCUT2D eigenvalue weighted by atomic mass is 10.1. The number of aliphatic hydroxyl groups excluding tert-OH is 3. The zero-order valence-corrected chi connectivity index (χ0v) is 18.4. The van der Waals surface area contributed by atoms with Crippen molar-refractivity contribution >= 4 is 27.6 Å². The van der Waals surface area contributed by atoms with Gasteiger partial charge in [0.1, 0.15) is 30.1 Å². The fourth-order valence-corrected chi connectivity index (χ4v) is 5.05. The number of ether oxygens (including phenoxy) is 1. The Morgan fingerprint density at radius 3 is 2.47 bits per heavy atom. The zero-order valence-electron chi connectivity index (χ0n) is 17.5. The second-order valence-corrected chi connectivity index (χ2v) is 9.97. The van der Waals surface area contributed by atoms with Crippen molar-refractivity contribution in [1.29, 1.82) is 5.41 Å². The number of fused-ring (bicyclic) bond motifs is 1. The Morgan fingerprint density at radius 1 is 1.19 bits per heavy atom. The molecule has 1 fully saturated rings. The standard InChI is InChI=1S/C20H23N5O6S/c1-9(2)17-24-12-16(21)22-8-23-18(12)25(17)19-14(27)13(26)15(31-19)20(28)32(29,30)11-6-4-10(3)5-7-11/h4-8,13-15,19-21,26-28H,1-3H3/t13-,14+,15-,19+,20?/m0/s1. The van der Waals surface area contributed by atoms with E-state index in [1.165, 1.54) is 16.7 Å². The van der Waals surface area contributed by atoms with E-state index < -0.39 is 39.8 Å². The van der Waals surface area contributed by atoms with Gasteiger partial charge in [-0.25, -0.2) is 23.4 Å². The molecule has 1 aromatic carbocycles. The normalized spacial score (nSPS) is 26.0. The van der Waals surface area contributed by atoms with Gasteiger partial charge in [-0.15, -0.1) is 0 Å². The van der Waals surface area contributed by atoms with Crippen LogP contribution in [-0.2, 0) is 14.6 Å². The Balaban J connectivity index is 1.76. The third kappa shape index (κ3) is 3.49. The average molecular weight is 462 g/mol. The Morgan fingerprint density at radius 2 is 1.84 bits per heavy atom. The first kappa shape index (κ1) is 22.4. The number of rotatable bonds is 4. The van der Waals surface area contributed by atoms with Gasteiger partial charge in [0.25, 0.3) is 0 Å². The van der Waals surface area contributed by atoms with E-state index in [1.54, 1.807) is 32.9 Å². The molecule has 5 atom stereocenters. The van der Waals surface area contributed by atoms with E-state index in [0.29, 0.717) is 11.1 Å². The van der Waals surface area contributed by atoms with Crippen molar-refractivity contribution in [2.75, 3.05) is 0 Å². The lowest BCUT2D eigenvalue weighted by molar-refractivity contribution is -0.0655. The summed E-state index contributed by atoms with van der Waals surface area (Å²) in [6.45, 7) is 5.30. The van der Waals surface area contributed by atoms with E-state index in [0.717, 1.165) is 11.9 Å². The minimum Gasteiger partial charge on any atom is -0.387 e. The predicted octanol–water partition coefficient (Wildman–Crippen LogP) is -1.22. The average Bonchev–Trinajstić information content (AvgIpc) is 3.27. The van der Waals surface area contributed by atoms with E-state index in [4.69, 9.17) is 10.1 Å². The molecule has 3 heterocycles. The van der Waals surface area contributed by atoms with Crippen LogP contribution in [0, 0.1) is 12.3 Å². The molecule has 0 radical (unpaired) electrons. The van der Waals surface area contributed by atoms with Gasteiger partial charge in [-0.3, -0.25) is 9.98 Å². The number of hydrogen-bond acceptors (Lipinski definition) is 9. The summed E-state index contributed by atoms with van der Waals surface area (Å²) < 4.78 is 32.9. The maximum absolute atomic E-state index is 12.9. The number of hydrogen-bond donors (Lipinski definition) is 4. The molecule has 1 saturated heterocycles. The monoisotopic (exact) mass is 461 g/mol. The molecule has 170 valence electrons. The maximum atomic E-state index is 12.9. The van der Waals surface area contributed by atoms with Crippen LogP contribution in [-0.4, -0.2) is 69.2 Å². The van der Waals surface area contributed by atoms with Crippen molar-refractivity contribution in [1.82, 2.24) is 9.55 Å². The highest BCUT2D eigenvalue weighted by molar-refractivity contribution is 7.92. The highest BCUT2D eigenvalue weighted by Crippen LogP contribution is 2.33. The SMILES string of the molecule is CC(C)=c1nc2c(n1[C@@H]1O[C@H](C(O)S(=O)(=O)c3ccc(C)cc3)[C@@H](O)[C@H]1O)=NC=NC2=N. The molecule has 4 N–H and O–H groups in total. The van der Waals surface area contributed by atoms with Crippen molar-refractivity contribution in [3.8, 4) is 0 Å². The van der Waals surface area contributed by atoms with E-state index in [1.807, 2.05) is 0 Å². The number of amidine groups is 1. The molecule has 2 aliphatic rings. The molecule has 2 aliphatic heterocycles. The van der Waals surface area contributed by atoms with Gasteiger partial charge < -0.3 is 20.1 Å². The molecule has 4 rings (SSSR count). The number of aryl methyl sites for hydroxylation is 1. The first-order valence-corrected chi connectivity index (χ1v) is 11.3. The molecule has 2 aromatic rings. The van der Waals surface area contributed by atoms with Gasteiger partial charge in [0.15, 0.2) is 28.7 Å². The van der Waals surface area contributed by atoms with E-state index in [2.05, 4.69) is 15.0 Å². The Bertz CT molecular complexity index is 1330. The van der Waals surface area contributed by atoms with Gasteiger partial charge in [-0.1, -0.05) is 17.7 Å². The summed E-state index contributed by atoms with van der Waals surface area (Å²) in [5.74, 6) is -0.136. The van der Waals surface area contributed by atoms with Crippen LogP contribution < -0.4 is 11.0 Å². The molecule has 0 aliphatic carbocycles. The first-order chi connectivity index (χ1) is 15.0. The Kier molecular flexibility index (Phi) is 5.59. The second kappa shape index (κ2) is 7.98. The first-order valence-electron chi connectivity index (χ1n) is 9.79. The summed E-state index contributed by atoms with van der Waals surface area (Å²) in [6, 6.07) is 5.88. The second-order valence-electron chi connectivity index (χ2n) is 7.92. The molecule has 32 heavy (non-hydrogen) atoms. The van der Waals surface area contributed by atoms with E-state index in [-0.39, 0.29) is 21.9 Å². The molecule has 0 spiro atoms. The summed E-state index contributed by atoms with van der Waals surface area (Å²) in [7, 11) is -4.29. The van der Waals surface area contributed by atoms with Crippen molar-refractivity contribution < 1.29 is 28.5 Å². The van der Waals surface area contributed by atoms with Crippen LogP contribution in [0.3, 0.4) is 0 Å². The van der Waals surface area contributed by atoms with Gasteiger partial charge >= 0.3 is 0 Å². The third-order valence-electron chi connectivity index (χ3n) is 5.40. The Labute approximate surface area is 183 Å². The molecule has 0 bridgehead atoms. The van der Waals surface area contributed by atoms with Gasteiger partial charge in [0.2, 0.25) is 9.84 Å². The van der Waals surface area contributed by atoms with Crippen molar-refractivity contribution in [2.24, 2.45) is 9.98 Å². The number of sulfone groups is 1. The fraction of sp³-hybridized carbons (Fsp3) is 0.400. The smallest absolute Gasteiger partial charge is 0.207 e. The molecule has 1 unspecified atom stereocenters. The molecule has 11 nitrogen and oxygen atoms in total. The maximum Gasteiger partial charge on any atom is 0.207 e. The van der Waals surface area contributed by atoms with Crippen LogP contribution in [0.1, 0.15) is 31.3 Å². The minimum atomic E-state index is -4.29. The third-order valence-corrected chi connectivity index (χ3v) is 7.24. The number of imidazole rings is 1. The number of nitrogens with one attached hydrogen (secondary N) is 1. The summed E-state index contributed by atoms with van der Waals surface area (Å²) in [5.41, 5.74) is 0.0590. The summed E-state index contributed by atoms with van der Waals surface area (Å²) in [5, 5.41) is 40.0. The van der Waals surface area contributed by atoms with Crippen LogP contribution in [0.25, 0.3) is 5.57 Å². The van der Waals surface area contributed by atoms with Crippen LogP contribution in [0.15, 0.2) is 39.1 Å². The highest BCUT2D eigenvalue weighted by Gasteiger charge is 2.51. The molecule has 12 heteroatoms. The van der Waals surface area contributed by atoms with Gasteiger partial charge in [0, 0.05) is 0 Å². The quantitative estimate of drug-likeness (QED) is 0.442. The Hall–Kier alpha value is -2.77. The van der Waals surface area contributed by atoms with Gasteiger partial charge in [-0.05, 0) is 38.5 Å². The lowest BCUT2D eigenvalue weighted by Crippen LogP contribution is -2.43. The molecule has 0 saturated carbocycles. The molecule has 0 amide bonds. The summed E-state index contributed by atoms with van der Waals surface area (Å²) >= 11 is 0.